The second kappa shape index (κ2) is 5.46. The van der Waals surface area contributed by atoms with Crippen molar-refractivity contribution in [1.29, 1.82) is 0 Å². The molecule has 0 saturated heterocycles. The summed E-state index contributed by atoms with van der Waals surface area (Å²) >= 11 is 0. The molecule has 0 saturated carbocycles. The molecule has 0 amide bonds. The largest absolute Gasteiger partial charge is 0.471 e. The molecule has 0 fully saturated rings. The van der Waals surface area contributed by atoms with E-state index in [4.69, 9.17) is 0 Å². The van der Waals surface area contributed by atoms with E-state index in [1.807, 2.05) is 0 Å². The number of benzene rings is 1. The standard InChI is InChI=1S/C13H10F3N3O3S/c14-13(15,16)12-17-11(18-22-12)10-4-2-9(3-5-10)8-19-6-1-7-23(19,20)21/h1-5,7H,6,8H2. The zero-order chi connectivity index (χ0) is 16.7. The summed E-state index contributed by atoms with van der Waals surface area (Å²) in [5.41, 5.74) is 1.04. The molecule has 0 atom stereocenters. The van der Waals surface area contributed by atoms with Gasteiger partial charge in [0.25, 0.3) is 0 Å². The summed E-state index contributed by atoms with van der Waals surface area (Å²) in [5, 5.41) is 4.42. The molecule has 0 spiro atoms. The fourth-order valence-corrected chi connectivity index (χ4v) is 3.17. The summed E-state index contributed by atoms with van der Waals surface area (Å²) in [6, 6.07) is 6.23. The SMILES string of the molecule is O=S1(=O)C=CCN1Cc1ccc(-c2noc(C(F)(F)F)n2)cc1. The molecule has 2 aromatic rings. The molecule has 1 aromatic carbocycles. The number of hydrogen-bond acceptors (Lipinski definition) is 5. The quantitative estimate of drug-likeness (QED) is 0.854. The highest BCUT2D eigenvalue weighted by Gasteiger charge is 2.38. The van der Waals surface area contributed by atoms with Crippen molar-refractivity contribution in [2.45, 2.75) is 12.7 Å². The Balaban J connectivity index is 1.76. The van der Waals surface area contributed by atoms with E-state index in [-0.39, 0.29) is 12.4 Å². The fraction of sp³-hybridized carbons (Fsp3) is 0.231. The van der Waals surface area contributed by atoms with E-state index in [9.17, 15) is 21.6 Å². The van der Waals surface area contributed by atoms with Crippen molar-refractivity contribution in [3.8, 4) is 11.4 Å². The molecule has 1 aliphatic heterocycles. The topological polar surface area (TPSA) is 76.3 Å². The van der Waals surface area contributed by atoms with Gasteiger partial charge in [0.05, 0.1) is 0 Å². The van der Waals surface area contributed by atoms with Crippen molar-refractivity contribution in [3.05, 3.63) is 47.2 Å². The Morgan fingerprint density at radius 3 is 2.43 bits per heavy atom. The Hall–Kier alpha value is -2.20. The summed E-state index contributed by atoms with van der Waals surface area (Å²) in [6.07, 6.45) is -3.15. The molecule has 0 unspecified atom stereocenters. The average Bonchev–Trinajstić information content (AvgIpc) is 3.07. The monoisotopic (exact) mass is 345 g/mol. The summed E-state index contributed by atoms with van der Waals surface area (Å²) in [6.45, 7) is 0.472. The van der Waals surface area contributed by atoms with Crippen molar-refractivity contribution in [2.24, 2.45) is 0 Å². The molecule has 0 N–H and O–H groups in total. The Kier molecular flexibility index (Phi) is 3.72. The minimum Gasteiger partial charge on any atom is -0.329 e. The number of halogens is 3. The number of nitrogens with zero attached hydrogens (tertiary/aromatic N) is 3. The van der Waals surface area contributed by atoms with E-state index in [0.717, 1.165) is 5.41 Å². The Labute approximate surface area is 129 Å². The first-order valence-electron chi connectivity index (χ1n) is 6.43. The molecule has 2 heterocycles. The number of rotatable bonds is 3. The van der Waals surface area contributed by atoms with Crippen molar-refractivity contribution < 1.29 is 26.1 Å². The number of sulfonamides is 1. The number of aromatic nitrogens is 2. The maximum absolute atomic E-state index is 12.4. The van der Waals surface area contributed by atoms with E-state index in [2.05, 4.69) is 14.7 Å². The second-order valence-corrected chi connectivity index (χ2v) is 6.65. The van der Waals surface area contributed by atoms with Crippen LogP contribution in [0.15, 0.2) is 40.3 Å². The highest BCUT2D eigenvalue weighted by Crippen LogP contribution is 2.29. The molecular formula is C13H10F3N3O3S. The number of hydrogen-bond donors (Lipinski definition) is 0. The minimum absolute atomic E-state index is 0.176. The van der Waals surface area contributed by atoms with Crippen LogP contribution in [0.3, 0.4) is 0 Å². The molecule has 3 rings (SSSR count). The van der Waals surface area contributed by atoms with Gasteiger partial charge in [-0.1, -0.05) is 35.5 Å². The maximum atomic E-state index is 12.4. The van der Waals surface area contributed by atoms with Crippen molar-refractivity contribution in [2.75, 3.05) is 6.54 Å². The zero-order valence-electron chi connectivity index (χ0n) is 11.5. The first kappa shape index (κ1) is 15.7. The molecular weight excluding hydrogens is 335 g/mol. The van der Waals surface area contributed by atoms with Crippen molar-refractivity contribution in [3.63, 3.8) is 0 Å². The lowest BCUT2D eigenvalue weighted by molar-refractivity contribution is -0.159. The van der Waals surface area contributed by atoms with E-state index < -0.39 is 22.1 Å². The van der Waals surface area contributed by atoms with Gasteiger partial charge in [0.15, 0.2) is 0 Å². The van der Waals surface area contributed by atoms with Crippen molar-refractivity contribution in [1.82, 2.24) is 14.4 Å². The zero-order valence-corrected chi connectivity index (χ0v) is 12.3. The Morgan fingerprint density at radius 1 is 1.22 bits per heavy atom. The van der Waals surface area contributed by atoms with Crippen LogP contribution in [-0.4, -0.2) is 29.4 Å². The summed E-state index contributed by atoms with van der Waals surface area (Å²) in [5.74, 6) is -1.59. The van der Waals surface area contributed by atoms with Gasteiger partial charge >= 0.3 is 12.1 Å². The predicted octanol–water partition coefficient (Wildman–Crippen LogP) is 2.41. The van der Waals surface area contributed by atoms with Gasteiger partial charge in [-0.05, 0) is 5.56 Å². The van der Waals surface area contributed by atoms with Gasteiger partial charge in [0, 0.05) is 24.1 Å². The lowest BCUT2D eigenvalue weighted by atomic mass is 10.1. The molecule has 1 aromatic heterocycles. The third-order valence-corrected chi connectivity index (χ3v) is 4.71. The second-order valence-electron chi connectivity index (χ2n) is 4.83. The van der Waals surface area contributed by atoms with Crippen LogP contribution >= 0.6 is 0 Å². The van der Waals surface area contributed by atoms with Gasteiger partial charge in [-0.25, -0.2) is 8.42 Å². The molecule has 122 valence electrons. The first-order chi connectivity index (χ1) is 10.8. The van der Waals surface area contributed by atoms with E-state index in [0.29, 0.717) is 17.7 Å². The van der Waals surface area contributed by atoms with Gasteiger partial charge in [0.2, 0.25) is 15.8 Å². The highest BCUT2D eigenvalue weighted by atomic mass is 32.2. The summed E-state index contributed by atoms with van der Waals surface area (Å²) in [7, 11) is -3.37. The molecule has 0 radical (unpaired) electrons. The van der Waals surface area contributed by atoms with E-state index in [1.54, 1.807) is 18.2 Å². The van der Waals surface area contributed by atoms with Gasteiger partial charge in [0.1, 0.15) is 0 Å². The fourth-order valence-electron chi connectivity index (χ4n) is 2.05. The van der Waals surface area contributed by atoms with Crippen LogP contribution in [0, 0.1) is 0 Å². The van der Waals surface area contributed by atoms with Crippen LogP contribution in [0.1, 0.15) is 11.5 Å². The normalized spacial score (nSPS) is 17.7. The lowest BCUT2D eigenvalue weighted by Crippen LogP contribution is -2.24. The lowest BCUT2D eigenvalue weighted by Gasteiger charge is -2.14. The van der Waals surface area contributed by atoms with Crippen LogP contribution in [0.2, 0.25) is 0 Å². The van der Waals surface area contributed by atoms with E-state index >= 15 is 0 Å². The maximum Gasteiger partial charge on any atom is 0.471 e. The third-order valence-electron chi connectivity index (χ3n) is 3.18. The van der Waals surface area contributed by atoms with Gasteiger partial charge in [-0.15, -0.1) is 0 Å². The van der Waals surface area contributed by atoms with Crippen LogP contribution < -0.4 is 0 Å². The van der Waals surface area contributed by atoms with Crippen molar-refractivity contribution >= 4 is 10.0 Å². The van der Waals surface area contributed by atoms with Crippen LogP contribution in [0.25, 0.3) is 11.4 Å². The molecule has 1 aliphatic rings. The average molecular weight is 345 g/mol. The van der Waals surface area contributed by atoms with Crippen LogP contribution in [0.4, 0.5) is 13.2 Å². The molecule has 0 bridgehead atoms. The van der Waals surface area contributed by atoms with Crippen LogP contribution in [0.5, 0.6) is 0 Å². The Morgan fingerprint density at radius 2 is 1.91 bits per heavy atom. The van der Waals surface area contributed by atoms with Crippen LogP contribution in [-0.2, 0) is 22.7 Å². The van der Waals surface area contributed by atoms with Gasteiger partial charge in [-0.3, -0.25) is 0 Å². The molecule has 6 nitrogen and oxygen atoms in total. The smallest absolute Gasteiger partial charge is 0.329 e. The van der Waals surface area contributed by atoms with Gasteiger partial charge < -0.3 is 4.52 Å². The summed E-state index contributed by atoms with van der Waals surface area (Å²) in [4.78, 5) is 3.29. The Bertz CT molecular complexity index is 841. The van der Waals surface area contributed by atoms with E-state index in [1.165, 1.54) is 16.4 Å². The highest BCUT2D eigenvalue weighted by molar-refractivity contribution is 7.92. The van der Waals surface area contributed by atoms with Gasteiger partial charge in [-0.2, -0.15) is 22.5 Å². The summed E-state index contributed by atoms with van der Waals surface area (Å²) < 4.78 is 66.0. The third kappa shape index (κ3) is 3.27. The molecule has 0 aliphatic carbocycles. The first-order valence-corrected chi connectivity index (χ1v) is 7.93. The molecule has 10 heteroatoms. The predicted molar refractivity (Wildman–Crippen MR) is 73.2 cm³/mol. The minimum atomic E-state index is -4.69. The number of alkyl halides is 3. The molecule has 23 heavy (non-hydrogen) atoms.